The molecular formula is C59H38. The van der Waals surface area contributed by atoms with Gasteiger partial charge in [-0.05, 0) is 144 Å². The van der Waals surface area contributed by atoms with Crippen molar-refractivity contribution in [3.63, 3.8) is 0 Å². The van der Waals surface area contributed by atoms with E-state index in [1.807, 2.05) is 42.5 Å². The van der Waals surface area contributed by atoms with E-state index in [1.54, 1.807) is 12.1 Å². The molecule has 0 nitrogen and oxygen atoms in total. The molecule has 12 aromatic rings. The molecule has 13 rings (SSSR count). The predicted molar refractivity (Wildman–Crippen MR) is 253 cm³/mol. The van der Waals surface area contributed by atoms with Crippen LogP contribution in [0.1, 0.15) is 48.3 Å². The van der Waals surface area contributed by atoms with E-state index in [-0.39, 0.29) is 148 Å². The third-order valence-electron chi connectivity index (χ3n) is 12.4. The molecule has 0 amide bonds. The van der Waals surface area contributed by atoms with Crippen LogP contribution in [-0.2, 0) is 5.41 Å². The summed E-state index contributed by atoms with van der Waals surface area (Å²) in [6.07, 6.45) is 0. The lowest BCUT2D eigenvalue weighted by molar-refractivity contribution is 0.661. The molecule has 0 spiro atoms. The highest BCUT2D eigenvalue weighted by atomic mass is 14.4. The summed E-state index contributed by atoms with van der Waals surface area (Å²) < 4.78 is 151. The summed E-state index contributed by atoms with van der Waals surface area (Å²) in [5, 5.41) is 1.09. The smallest absolute Gasteiger partial charge is 0.0610 e. The van der Waals surface area contributed by atoms with Crippen LogP contribution in [0.25, 0.3) is 120 Å². The Bertz CT molecular complexity index is 4630. The molecule has 0 radical (unpaired) electrons. The molecular weight excluding hydrogens is 709 g/mol. The van der Waals surface area contributed by atoms with Crippen molar-refractivity contribution in [1.29, 1.82) is 0 Å². The van der Waals surface area contributed by atoms with Gasteiger partial charge >= 0.3 is 0 Å². The maximum Gasteiger partial charge on any atom is 0.0630 e. The van der Waals surface area contributed by atoms with Gasteiger partial charge in [0, 0.05) is 5.41 Å². The fourth-order valence-corrected chi connectivity index (χ4v) is 9.38. The molecule has 0 atom stereocenters. The van der Waals surface area contributed by atoms with Gasteiger partial charge in [0.2, 0.25) is 0 Å². The molecule has 0 heteroatoms. The molecule has 0 aromatic heterocycles. The highest BCUT2D eigenvalue weighted by Gasteiger charge is 2.36. The maximum absolute atomic E-state index is 9.22. The second-order valence-electron chi connectivity index (χ2n) is 15.9. The fourth-order valence-electron chi connectivity index (χ4n) is 9.38. The fraction of sp³-hybridized carbons (Fsp3) is 0.0508. The lowest BCUT2D eigenvalue weighted by Gasteiger charge is -2.23. The SMILES string of the molecule is [2H]c1cc2c([2H])c([2H])c3c(-c4ccc(-c5ccc6c(c5)C(C)(C)c5cc(-c7ccc(-c8c([2H])c([2H])c9c([2H])c([2H])c%10c([2H])c([2H])c([2H])c%11c([2H])c([2H])c8c9c%10%11)cc7)ccc5-6)cc4)c([2H])c([2H])c4c([2H])c([2H])c(c1[2H])c2c43. The minimum absolute atomic E-state index is 0.00756. The van der Waals surface area contributed by atoms with Crippen molar-refractivity contribution in [2.24, 2.45) is 0 Å². The third kappa shape index (κ3) is 4.66. The van der Waals surface area contributed by atoms with E-state index in [9.17, 15) is 5.48 Å². The highest BCUT2D eigenvalue weighted by molar-refractivity contribution is 6.26. The number of rotatable bonds is 4. The van der Waals surface area contributed by atoms with Crippen molar-refractivity contribution in [1.82, 2.24) is 0 Å². The zero-order chi connectivity index (χ0) is 53.8. The lowest BCUT2D eigenvalue weighted by Crippen LogP contribution is -2.15. The Labute approximate surface area is 367 Å². The molecule has 0 unspecified atom stereocenters. The minimum atomic E-state index is -0.516. The van der Waals surface area contributed by atoms with E-state index in [4.69, 9.17) is 17.8 Å². The van der Waals surface area contributed by atoms with Gasteiger partial charge < -0.3 is 0 Å². The summed E-state index contributed by atoms with van der Waals surface area (Å²) in [5.41, 5.74) is 8.93. The number of benzene rings is 12. The van der Waals surface area contributed by atoms with Gasteiger partial charge in [0.15, 0.2) is 0 Å². The summed E-state index contributed by atoms with van der Waals surface area (Å²) in [6, 6.07) is 23.0. The summed E-state index contributed by atoms with van der Waals surface area (Å²) in [5.74, 6) is 0. The van der Waals surface area contributed by atoms with Gasteiger partial charge in [0.05, 0.1) is 23.3 Å². The molecule has 1 aliphatic carbocycles. The number of fused-ring (bicyclic) bond motifs is 3. The second-order valence-corrected chi connectivity index (χ2v) is 15.9. The van der Waals surface area contributed by atoms with Crippen LogP contribution in [0.3, 0.4) is 0 Å². The van der Waals surface area contributed by atoms with Gasteiger partial charge in [-0.1, -0.05) is 195 Å². The average Bonchev–Trinajstić information content (AvgIpc) is 3.82. The van der Waals surface area contributed by atoms with Crippen LogP contribution < -0.4 is 0 Å². The van der Waals surface area contributed by atoms with E-state index < -0.39 is 35.6 Å². The normalized spacial score (nSPS) is 17.4. The molecule has 0 saturated heterocycles. The highest BCUT2D eigenvalue weighted by Crippen LogP contribution is 2.51. The van der Waals surface area contributed by atoms with Crippen molar-refractivity contribution in [3.8, 4) is 55.6 Å². The Hall–Kier alpha value is -7.28. The molecule has 0 N–H and O–H groups in total. The number of hydrogen-bond donors (Lipinski definition) is 0. The molecule has 0 bridgehead atoms. The van der Waals surface area contributed by atoms with Crippen LogP contribution in [0.5, 0.6) is 0 Å². The Kier molecular flexibility index (Phi) is 4.11. The zero-order valence-electron chi connectivity index (χ0n) is 48.7. The first kappa shape index (κ1) is 20.4. The Morgan fingerprint density at radius 1 is 0.305 bits per heavy atom. The van der Waals surface area contributed by atoms with Crippen LogP contribution >= 0.6 is 0 Å². The topological polar surface area (TPSA) is 0 Å². The summed E-state index contributed by atoms with van der Waals surface area (Å²) >= 11 is 0. The van der Waals surface area contributed by atoms with Crippen molar-refractivity contribution >= 4 is 64.6 Å². The van der Waals surface area contributed by atoms with Gasteiger partial charge in [-0.25, -0.2) is 0 Å². The van der Waals surface area contributed by atoms with Gasteiger partial charge in [-0.2, -0.15) is 0 Å². The Balaban J connectivity index is 0.863. The molecule has 12 aromatic carbocycles. The van der Waals surface area contributed by atoms with E-state index in [0.29, 0.717) is 11.1 Å². The number of hydrogen-bond acceptors (Lipinski definition) is 0. The summed E-state index contributed by atoms with van der Waals surface area (Å²) in [4.78, 5) is 0. The van der Waals surface area contributed by atoms with Crippen molar-refractivity contribution in [3.05, 3.63) is 205 Å². The first-order valence-electron chi connectivity index (χ1n) is 27.9. The standard InChI is InChI=1S/C59H38/c1-59(2)53-33-45(35-9-13-37(14-10-35)47-27-21-43-19-17-39-5-3-7-41-23-31-51(47)57(43)55(39)41)25-29-49(53)50-30-26-46(34-54(50)59)36-11-15-38(16-12-36)48-28-22-44-20-18-40-6-4-8-42-24-32-52(48)58(44)56(40)42/h3-34H,1-2H3/i3D,4D,5D,6D,7D,17D,18D,19D,20D,21D,22D,23D,24D,27D,28D,31D,32D. The summed E-state index contributed by atoms with van der Waals surface area (Å²) in [6.45, 7) is 4.34. The third-order valence-corrected chi connectivity index (χ3v) is 12.4. The first-order valence-corrected chi connectivity index (χ1v) is 19.4. The monoisotopic (exact) mass is 763 g/mol. The summed E-state index contributed by atoms with van der Waals surface area (Å²) in [7, 11) is 0. The molecule has 0 heterocycles. The van der Waals surface area contributed by atoms with Crippen molar-refractivity contribution < 1.29 is 23.3 Å². The lowest BCUT2D eigenvalue weighted by atomic mass is 9.80. The Morgan fingerprint density at radius 3 is 1.19 bits per heavy atom. The van der Waals surface area contributed by atoms with E-state index >= 15 is 0 Å². The molecule has 0 aliphatic heterocycles. The van der Waals surface area contributed by atoms with Crippen LogP contribution in [0, 0.1) is 0 Å². The van der Waals surface area contributed by atoms with Gasteiger partial charge in [-0.15, -0.1) is 0 Å². The van der Waals surface area contributed by atoms with Gasteiger partial charge in [-0.3, -0.25) is 0 Å². The zero-order valence-corrected chi connectivity index (χ0v) is 31.7. The van der Waals surface area contributed by atoms with Crippen LogP contribution in [0.2, 0.25) is 0 Å². The average molecular weight is 764 g/mol. The maximum atomic E-state index is 9.22. The van der Waals surface area contributed by atoms with E-state index in [1.165, 1.54) is 6.07 Å². The largest absolute Gasteiger partial charge is 0.0630 e. The predicted octanol–water partition coefficient (Wildman–Crippen LogP) is 16.5. The van der Waals surface area contributed by atoms with Crippen molar-refractivity contribution in [2.75, 3.05) is 0 Å². The molecule has 1 aliphatic rings. The van der Waals surface area contributed by atoms with Crippen LogP contribution in [-0.4, -0.2) is 0 Å². The molecule has 0 fully saturated rings. The van der Waals surface area contributed by atoms with Gasteiger partial charge in [0.1, 0.15) is 0 Å². The second kappa shape index (κ2) is 11.9. The van der Waals surface area contributed by atoms with Crippen molar-refractivity contribution in [2.45, 2.75) is 19.3 Å². The Morgan fingerprint density at radius 2 is 0.678 bits per heavy atom. The molecule has 0 saturated carbocycles. The minimum Gasteiger partial charge on any atom is -0.0610 e. The first-order chi connectivity index (χ1) is 36.1. The van der Waals surface area contributed by atoms with E-state index in [2.05, 4.69) is 44.2 Å². The quantitative estimate of drug-likeness (QED) is 0.157. The molecule has 59 heavy (non-hydrogen) atoms. The molecule has 274 valence electrons. The van der Waals surface area contributed by atoms with Gasteiger partial charge in [0.25, 0.3) is 0 Å². The van der Waals surface area contributed by atoms with Crippen LogP contribution in [0.15, 0.2) is 194 Å². The van der Waals surface area contributed by atoms with E-state index in [0.717, 1.165) is 44.5 Å². The van der Waals surface area contributed by atoms with Crippen LogP contribution in [0.4, 0.5) is 0 Å².